The van der Waals surface area contributed by atoms with Crippen molar-refractivity contribution in [3.05, 3.63) is 35.9 Å². The Morgan fingerprint density at radius 1 is 1.13 bits per heavy atom. The third kappa shape index (κ3) is 10.5. The summed E-state index contributed by atoms with van der Waals surface area (Å²) in [7, 11) is 1.77. The summed E-state index contributed by atoms with van der Waals surface area (Å²) in [5.74, 6) is 0.802. The van der Waals surface area contributed by atoms with Gasteiger partial charge in [-0.3, -0.25) is 4.99 Å². The van der Waals surface area contributed by atoms with Gasteiger partial charge in [0.05, 0.1) is 12.7 Å². The first-order valence-corrected chi connectivity index (χ1v) is 7.96. The van der Waals surface area contributed by atoms with E-state index in [0.29, 0.717) is 6.61 Å². The number of guanidine groups is 1. The van der Waals surface area contributed by atoms with Crippen LogP contribution in [0.5, 0.6) is 0 Å². The number of nitrogens with one attached hydrogen (secondary N) is 2. The van der Waals surface area contributed by atoms with Gasteiger partial charge in [0.1, 0.15) is 0 Å². The van der Waals surface area contributed by atoms with Crippen LogP contribution < -0.4 is 10.6 Å². The van der Waals surface area contributed by atoms with Gasteiger partial charge < -0.3 is 20.1 Å². The van der Waals surface area contributed by atoms with Crippen LogP contribution in [0.4, 0.5) is 0 Å². The third-order valence-electron chi connectivity index (χ3n) is 3.22. The van der Waals surface area contributed by atoms with Crippen molar-refractivity contribution in [2.24, 2.45) is 4.99 Å². The molecular weight excluding hydrogens is 405 g/mol. The van der Waals surface area contributed by atoms with Crippen LogP contribution in [0.3, 0.4) is 0 Å². The molecule has 0 aliphatic heterocycles. The lowest BCUT2D eigenvalue weighted by atomic mass is 10.1. The molecule has 0 bridgehead atoms. The fourth-order valence-electron chi connectivity index (χ4n) is 1.97. The van der Waals surface area contributed by atoms with Crippen LogP contribution in [0.2, 0.25) is 0 Å². The summed E-state index contributed by atoms with van der Waals surface area (Å²) in [5.41, 5.74) is 1.21. The number of nitrogens with zero attached hydrogens (tertiary/aromatic N) is 1. The summed E-state index contributed by atoms with van der Waals surface area (Å²) in [6.07, 6.45) is 1.06. The molecule has 5 nitrogen and oxygen atoms in total. The molecule has 0 aliphatic rings. The highest BCUT2D eigenvalue weighted by molar-refractivity contribution is 14.0. The minimum absolute atomic E-state index is 0. The largest absolute Gasteiger partial charge is 0.380 e. The summed E-state index contributed by atoms with van der Waals surface area (Å²) in [6.45, 7) is 7.81. The second kappa shape index (κ2) is 14.7. The van der Waals surface area contributed by atoms with Crippen molar-refractivity contribution >= 4 is 29.9 Å². The van der Waals surface area contributed by atoms with Crippen molar-refractivity contribution in [3.8, 4) is 0 Å². The second-order valence-electron chi connectivity index (χ2n) is 4.90. The fraction of sp³-hybridized carbons (Fsp3) is 0.588. The number of benzene rings is 1. The van der Waals surface area contributed by atoms with Crippen LogP contribution >= 0.6 is 24.0 Å². The van der Waals surface area contributed by atoms with Gasteiger partial charge in [0.15, 0.2) is 5.96 Å². The molecule has 1 unspecified atom stereocenters. The van der Waals surface area contributed by atoms with Crippen molar-refractivity contribution in [2.45, 2.75) is 26.4 Å². The van der Waals surface area contributed by atoms with Gasteiger partial charge in [0.25, 0.3) is 0 Å². The maximum Gasteiger partial charge on any atom is 0.191 e. The molecule has 6 heteroatoms. The van der Waals surface area contributed by atoms with Crippen LogP contribution in [0.15, 0.2) is 35.3 Å². The number of hydrogen-bond donors (Lipinski definition) is 2. The van der Waals surface area contributed by atoms with Crippen LogP contribution in [0.25, 0.3) is 0 Å². The maximum atomic E-state index is 5.84. The van der Waals surface area contributed by atoms with Crippen molar-refractivity contribution in [1.82, 2.24) is 10.6 Å². The number of rotatable bonds is 10. The Kier molecular flexibility index (Phi) is 14.2. The zero-order valence-corrected chi connectivity index (χ0v) is 16.7. The highest BCUT2D eigenvalue weighted by Crippen LogP contribution is 2.15. The van der Waals surface area contributed by atoms with Gasteiger partial charge in [0, 0.05) is 33.4 Å². The van der Waals surface area contributed by atoms with Gasteiger partial charge >= 0.3 is 0 Å². The lowest BCUT2D eigenvalue weighted by Gasteiger charge is -2.14. The SMILES string of the molecule is CCOCCNC(=NC)NCCCOC(C)c1ccccc1.I. The Hall–Kier alpha value is -0.860. The Morgan fingerprint density at radius 3 is 2.48 bits per heavy atom. The molecular formula is C17H30IN3O2. The average molecular weight is 435 g/mol. The molecule has 23 heavy (non-hydrogen) atoms. The summed E-state index contributed by atoms with van der Waals surface area (Å²) in [5, 5.41) is 6.47. The van der Waals surface area contributed by atoms with Gasteiger partial charge in [-0.2, -0.15) is 0 Å². The molecule has 0 fully saturated rings. The molecule has 2 N–H and O–H groups in total. The average Bonchev–Trinajstić information content (AvgIpc) is 2.57. The van der Waals surface area contributed by atoms with E-state index < -0.39 is 0 Å². The van der Waals surface area contributed by atoms with Crippen LogP contribution in [0.1, 0.15) is 31.9 Å². The minimum atomic E-state index is 0. The standard InChI is InChI=1S/C17H29N3O2.HI/c1-4-21-14-12-20-17(18-3)19-11-8-13-22-15(2)16-9-6-5-7-10-16;/h5-7,9-10,15H,4,8,11-14H2,1-3H3,(H2,18,19,20);1H. The van der Waals surface area contributed by atoms with Crippen LogP contribution in [-0.4, -0.2) is 45.9 Å². The Morgan fingerprint density at radius 2 is 1.83 bits per heavy atom. The zero-order chi connectivity index (χ0) is 16.0. The van der Waals surface area contributed by atoms with Gasteiger partial charge in [-0.25, -0.2) is 0 Å². The molecule has 0 amide bonds. The fourth-order valence-corrected chi connectivity index (χ4v) is 1.97. The normalized spacial score (nSPS) is 12.4. The summed E-state index contributed by atoms with van der Waals surface area (Å²) in [4.78, 5) is 4.16. The lowest BCUT2D eigenvalue weighted by Crippen LogP contribution is -2.39. The summed E-state index contributed by atoms with van der Waals surface area (Å²) >= 11 is 0. The molecule has 1 rings (SSSR count). The first-order valence-electron chi connectivity index (χ1n) is 7.96. The smallest absolute Gasteiger partial charge is 0.191 e. The molecule has 1 aromatic rings. The Bertz CT molecular complexity index is 416. The van der Waals surface area contributed by atoms with E-state index in [1.165, 1.54) is 5.56 Å². The van der Waals surface area contributed by atoms with Crippen molar-refractivity contribution in [3.63, 3.8) is 0 Å². The monoisotopic (exact) mass is 435 g/mol. The first-order chi connectivity index (χ1) is 10.8. The van der Waals surface area contributed by atoms with Crippen molar-refractivity contribution in [1.29, 1.82) is 0 Å². The van der Waals surface area contributed by atoms with Crippen LogP contribution in [-0.2, 0) is 9.47 Å². The van der Waals surface area contributed by atoms with Crippen LogP contribution in [0, 0.1) is 0 Å². The van der Waals surface area contributed by atoms with Gasteiger partial charge in [-0.05, 0) is 25.8 Å². The quantitative estimate of drug-likeness (QED) is 0.257. The van der Waals surface area contributed by atoms with E-state index in [1.54, 1.807) is 7.05 Å². The number of ether oxygens (including phenoxy) is 2. The van der Waals surface area contributed by atoms with Gasteiger partial charge in [-0.15, -0.1) is 24.0 Å². The molecule has 1 aromatic carbocycles. The van der Waals surface area contributed by atoms with E-state index in [-0.39, 0.29) is 30.1 Å². The number of halogens is 1. The zero-order valence-electron chi connectivity index (χ0n) is 14.4. The van der Waals surface area contributed by atoms with Gasteiger partial charge in [0.2, 0.25) is 0 Å². The second-order valence-corrected chi connectivity index (χ2v) is 4.90. The van der Waals surface area contributed by atoms with Crippen molar-refractivity contribution in [2.75, 3.05) is 40.0 Å². The molecule has 0 spiro atoms. The molecule has 132 valence electrons. The Balaban J connectivity index is 0.00000484. The highest BCUT2D eigenvalue weighted by Gasteiger charge is 2.04. The summed E-state index contributed by atoms with van der Waals surface area (Å²) < 4.78 is 11.1. The molecule has 0 saturated carbocycles. The molecule has 0 radical (unpaired) electrons. The van der Waals surface area contributed by atoms with Crippen molar-refractivity contribution < 1.29 is 9.47 Å². The maximum absolute atomic E-state index is 5.84. The van der Waals surface area contributed by atoms with E-state index in [4.69, 9.17) is 9.47 Å². The molecule has 0 saturated heterocycles. The van der Waals surface area contributed by atoms with E-state index in [1.807, 2.05) is 25.1 Å². The number of hydrogen-bond acceptors (Lipinski definition) is 3. The molecule has 1 atom stereocenters. The molecule has 0 heterocycles. The van der Waals surface area contributed by atoms with E-state index in [0.717, 1.165) is 38.7 Å². The first kappa shape index (κ1) is 22.1. The van der Waals surface area contributed by atoms with E-state index in [2.05, 4.69) is 34.7 Å². The molecule has 0 aromatic heterocycles. The third-order valence-corrected chi connectivity index (χ3v) is 3.22. The molecule has 0 aliphatic carbocycles. The predicted octanol–water partition coefficient (Wildman–Crippen LogP) is 2.97. The minimum Gasteiger partial charge on any atom is -0.380 e. The lowest BCUT2D eigenvalue weighted by molar-refractivity contribution is 0.0646. The predicted molar refractivity (Wildman–Crippen MR) is 107 cm³/mol. The Labute approximate surface area is 157 Å². The van der Waals surface area contributed by atoms with E-state index >= 15 is 0 Å². The topological polar surface area (TPSA) is 54.9 Å². The van der Waals surface area contributed by atoms with E-state index in [9.17, 15) is 0 Å². The van der Waals surface area contributed by atoms with Gasteiger partial charge in [-0.1, -0.05) is 30.3 Å². The highest BCUT2D eigenvalue weighted by atomic mass is 127. The summed E-state index contributed by atoms with van der Waals surface area (Å²) in [6, 6.07) is 10.3. The number of aliphatic imine (C=N–C) groups is 1.